The first-order valence-corrected chi connectivity index (χ1v) is 9.38. The number of ether oxygens (including phenoxy) is 1. The number of nitrogens with zero attached hydrogens (tertiary/aromatic N) is 4. The Labute approximate surface area is 178 Å². The zero-order chi connectivity index (χ0) is 24.0. The van der Waals surface area contributed by atoms with Crippen LogP contribution >= 0.6 is 0 Å². The quantitative estimate of drug-likeness (QED) is 0.238. The van der Waals surface area contributed by atoms with Crippen LogP contribution in [0.15, 0.2) is 10.3 Å². The Morgan fingerprint density at radius 1 is 1.00 bits per heavy atom. The highest BCUT2D eigenvalue weighted by molar-refractivity contribution is 6.25. The molecule has 3 rings (SSSR count). The van der Waals surface area contributed by atoms with E-state index in [-0.39, 0.29) is 24.4 Å². The second kappa shape index (κ2) is 8.31. The normalized spacial score (nSPS) is 20.2. The van der Waals surface area contributed by atoms with Gasteiger partial charge in [0.1, 0.15) is 11.3 Å². The van der Waals surface area contributed by atoms with Crippen molar-refractivity contribution in [3.8, 4) is 0 Å². The van der Waals surface area contributed by atoms with Gasteiger partial charge in [-0.25, -0.2) is 31.6 Å². The number of hydrogen-bond acceptors (Lipinski definition) is 7. The Hall–Kier alpha value is -3.32. The highest BCUT2D eigenvalue weighted by atomic mass is 19.2. The number of alkyl carbamates (subject to hydrolysis) is 1. The summed E-state index contributed by atoms with van der Waals surface area (Å²) in [6.45, 7) is 5.12. The summed E-state index contributed by atoms with van der Waals surface area (Å²) < 4.78 is 73.7. The van der Waals surface area contributed by atoms with Gasteiger partial charge in [0.2, 0.25) is 5.82 Å². The lowest BCUT2D eigenvalue weighted by atomic mass is 10.1. The number of anilines is 1. The molecular formula is C18H18F5N5O4. The summed E-state index contributed by atoms with van der Waals surface area (Å²) in [6.07, 6.45) is -0.464. The van der Waals surface area contributed by atoms with Crippen LogP contribution in [0.3, 0.4) is 0 Å². The van der Waals surface area contributed by atoms with Crippen molar-refractivity contribution in [3.63, 3.8) is 0 Å². The van der Waals surface area contributed by atoms with Crippen molar-refractivity contribution >= 4 is 23.6 Å². The molecule has 1 saturated heterocycles. The van der Waals surface area contributed by atoms with Crippen molar-refractivity contribution in [2.75, 3.05) is 18.0 Å². The van der Waals surface area contributed by atoms with Crippen molar-refractivity contribution in [2.24, 2.45) is 10.3 Å². The van der Waals surface area contributed by atoms with Crippen LogP contribution in [0, 0.1) is 29.1 Å². The molecule has 1 aromatic rings. The van der Waals surface area contributed by atoms with Crippen LogP contribution in [0.4, 0.5) is 32.4 Å². The van der Waals surface area contributed by atoms with Crippen molar-refractivity contribution in [2.45, 2.75) is 44.9 Å². The van der Waals surface area contributed by atoms with Gasteiger partial charge in [-0.1, -0.05) is 5.22 Å². The molecule has 0 bridgehead atoms. The van der Waals surface area contributed by atoms with E-state index >= 15 is 0 Å². The maximum atomic E-state index is 14.1. The molecule has 0 radical (unpaired) electrons. The molecule has 1 aromatic carbocycles. The van der Waals surface area contributed by atoms with E-state index in [0.717, 1.165) is 5.01 Å². The molecule has 0 aliphatic carbocycles. The van der Waals surface area contributed by atoms with Gasteiger partial charge in [0.05, 0.1) is 0 Å². The number of halogens is 5. The van der Waals surface area contributed by atoms with Gasteiger partial charge >= 0.3 is 6.09 Å². The molecule has 0 spiro atoms. The minimum atomic E-state index is -2.41. The molecular weight excluding hydrogens is 445 g/mol. The number of carbonyl (C=O) groups is 3. The number of amides is 3. The predicted octanol–water partition coefficient (Wildman–Crippen LogP) is 2.59. The van der Waals surface area contributed by atoms with Crippen LogP contribution in [0.25, 0.3) is 0 Å². The zero-order valence-corrected chi connectivity index (χ0v) is 17.1. The van der Waals surface area contributed by atoms with Gasteiger partial charge < -0.3 is 10.1 Å². The minimum absolute atomic E-state index is 0.00950. The van der Waals surface area contributed by atoms with Crippen molar-refractivity contribution in [3.05, 3.63) is 29.1 Å². The molecule has 1 N–H and O–H groups in total. The third-order valence-corrected chi connectivity index (χ3v) is 4.50. The number of rotatable bonds is 5. The molecule has 0 aromatic heterocycles. The fourth-order valence-electron chi connectivity index (χ4n) is 3.16. The molecule has 9 nitrogen and oxygen atoms in total. The number of carbonyl (C=O) groups excluding carboxylic acids is 3. The zero-order valence-electron chi connectivity index (χ0n) is 17.1. The van der Waals surface area contributed by atoms with Crippen LogP contribution in [0.1, 0.15) is 27.2 Å². The van der Waals surface area contributed by atoms with Gasteiger partial charge in [0.25, 0.3) is 11.8 Å². The van der Waals surface area contributed by atoms with E-state index in [1.807, 2.05) is 0 Å². The minimum Gasteiger partial charge on any atom is -0.444 e. The molecule has 0 saturated carbocycles. The van der Waals surface area contributed by atoms with Gasteiger partial charge in [0.15, 0.2) is 35.4 Å². The van der Waals surface area contributed by atoms with Crippen molar-refractivity contribution in [1.82, 2.24) is 10.3 Å². The Morgan fingerprint density at radius 2 is 1.56 bits per heavy atom. The Kier molecular flexibility index (Phi) is 6.07. The monoisotopic (exact) mass is 463 g/mol. The van der Waals surface area contributed by atoms with E-state index in [9.17, 15) is 36.3 Å². The number of imide groups is 1. The van der Waals surface area contributed by atoms with Crippen LogP contribution in [-0.2, 0) is 14.3 Å². The Bertz CT molecular complexity index is 983. The first-order valence-electron chi connectivity index (χ1n) is 9.38. The second-order valence-corrected chi connectivity index (χ2v) is 7.97. The van der Waals surface area contributed by atoms with Gasteiger partial charge in [0, 0.05) is 13.1 Å². The summed E-state index contributed by atoms with van der Waals surface area (Å²) in [4.78, 5) is 36.7. The summed E-state index contributed by atoms with van der Waals surface area (Å²) in [6, 6.07) is -2.92. The van der Waals surface area contributed by atoms with Crippen molar-refractivity contribution < 1.29 is 41.1 Å². The van der Waals surface area contributed by atoms with Gasteiger partial charge in [-0.3, -0.25) is 14.6 Å². The first kappa shape index (κ1) is 23.3. The molecule has 3 amide bonds. The van der Waals surface area contributed by atoms with Gasteiger partial charge in [-0.2, -0.15) is 5.11 Å². The van der Waals surface area contributed by atoms with E-state index in [1.165, 1.54) is 0 Å². The van der Waals surface area contributed by atoms with Crippen LogP contribution in [0.2, 0.25) is 0 Å². The summed E-state index contributed by atoms with van der Waals surface area (Å²) in [5, 5.41) is 10.8. The molecule has 2 heterocycles. The molecule has 2 aliphatic heterocycles. The van der Waals surface area contributed by atoms with Crippen LogP contribution < -0.4 is 10.2 Å². The first-order chi connectivity index (χ1) is 14.8. The lowest BCUT2D eigenvalue weighted by Crippen LogP contribution is -2.41. The SMILES string of the molecule is CC(C)(C)OC(=O)NCCCN1N=N[C@H]2C(=O)N(c3c(F)c(F)c(F)c(F)c3F)C(=O)[C@@H]21. The summed E-state index contributed by atoms with van der Waals surface area (Å²) >= 11 is 0. The molecule has 2 aliphatic rings. The van der Waals surface area contributed by atoms with Gasteiger partial charge in [-0.15, -0.1) is 0 Å². The smallest absolute Gasteiger partial charge is 0.407 e. The largest absolute Gasteiger partial charge is 0.444 e. The summed E-state index contributed by atoms with van der Waals surface area (Å²) in [5.41, 5.74) is -2.36. The summed E-state index contributed by atoms with van der Waals surface area (Å²) in [5.74, 6) is -14.1. The van der Waals surface area contributed by atoms with E-state index in [1.54, 1.807) is 20.8 Å². The van der Waals surface area contributed by atoms with Gasteiger partial charge in [-0.05, 0) is 27.2 Å². The predicted molar refractivity (Wildman–Crippen MR) is 96.7 cm³/mol. The molecule has 2 atom stereocenters. The lowest BCUT2D eigenvalue weighted by Gasteiger charge is -2.22. The highest BCUT2D eigenvalue weighted by Crippen LogP contribution is 2.37. The number of hydrogen-bond donors (Lipinski definition) is 1. The van der Waals surface area contributed by atoms with Crippen molar-refractivity contribution in [1.29, 1.82) is 0 Å². The van der Waals surface area contributed by atoms with Crippen LogP contribution in [0.5, 0.6) is 0 Å². The molecule has 14 heteroatoms. The van der Waals surface area contributed by atoms with E-state index in [0.29, 0.717) is 0 Å². The maximum Gasteiger partial charge on any atom is 0.407 e. The third kappa shape index (κ3) is 4.08. The maximum absolute atomic E-state index is 14.1. The second-order valence-electron chi connectivity index (χ2n) is 7.97. The average Bonchev–Trinajstić information content (AvgIpc) is 3.22. The molecule has 1 fully saturated rings. The summed E-state index contributed by atoms with van der Waals surface area (Å²) in [7, 11) is 0. The molecule has 174 valence electrons. The highest BCUT2D eigenvalue weighted by Gasteiger charge is 2.56. The Balaban J connectivity index is 1.71. The fourth-order valence-corrected chi connectivity index (χ4v) is 3.16. The Morgan fingerprint density at radius 3 is 2.12 bits per heavy atom. The van der Waals surface area contributed by atoms with Crippen LogP contribution in [-0.4, -0.2) is 53.7 Å². The topological polar surface area (TPSA) is 104 Å². The molecule has 0 unspecified atom stereocenters. The van der Waals surface area contributed by atoms with E-state index in [4.69, 9.17) is 4.74 Å². The molecule has 32 heavy (non-hydrogen) atoms. The average molecular weight is 463 g/mol. The lowest BCUT2D eigenvalue weighted by molar-refractivity contribution is -0.123. The number of fused-ring (bicyclic) bond motifs is 1. The number of nitrogens with one attached hydrogen (secondary N) is 1. The number of benzene rings is 1. The standard InChI is InChI=1S/C18H18F5N5O4/c1-18(2,3)32-17(31)24-5-4-6-27-14-12(25-26-27)15(29)28(16(14)30)13-10(22)8(20)7(19)9(21)11(13)23/h12,14H,4-6H2,1-3H3,(H,24,31)/t12-,14-/m1/s1. The van der Waals surface area contributed by atoms with E-state index < -0.39 is 70.4 Å². The fraction of sp³-hybridized carbons (Fsp3) is 0.500. The third-order valence-electron chi connectivity index (χ3n) is 4.50. The van der Waals surface area contributed by atoms with E-state index in [2.05, 4.69) is 15.7 Å².